The van der Waals surface area contributed by atoms with Crippen molar-refractivity contribution in [2.75, 3.05) is 20.1 Å². The Kier molecular flexibility index (Phi) is 3.72. The minimum atomic E-state index is 0.215. The first-order valence-corrected chi connectivity index (χ1v) is 5.06. The van der Waals surface area contributed by atoms with Crippen LogP contribution < -0.4 is 5.32 Å². The average molecular weight is 184 g/mol. The van der Waals surface area contributed by atoms with Gasteiger partial charge < -0.3 is 10.2 Å². The monoisotopic (exact) mass is 184 g/mol. The number of nitrogens with zero attached hydrogens (tertiary/aromatic N) is 1. The van der Waals surface area contributed by atoms with Crippen molar-refractivity contribution < 1.29 is 4.79 Å². The Hall–Kier alpha value is -0.570. The second kappa shape index (κ2) is 4.61. The third-order valence-electron chi connectivity index (χ3n) is 2.38. The molecule has 0 saturated carbocycles. The molecule has 0 unspecified atom stereocenters. The van der Waals surface area contributed by atoms with E-state index in [1.807, 2.05) is 0 Å². The second-order valence-corrected chi connectivity index (χ2v) is 4.42. The summed E-state index contributed by atoms with van der Waals surface area (Å²) in [6.45, 7) is 6.30. The molecule has 76 valence electrons. The topological polar surface area (TPSA) is 32.3 Å². The van der Waals surface area contributed by atoms with Gasteiger partial charge in [-0.25, -0.2) is 0 Å². The Morgan fingerprint density at radius 2 is 2.15 bits per heavy atom. The Bertz CT molecular complexity index is 174. The lowest BCUT2D eigenvalue weighted by Crippen LogP contribution is -2.57. The Morgan fingerprint density at radius 3 is 2.62 bits per heavy atom. The van der Waals surface area contributed by atoms with Crippen LogP contribution in [0.25, 0.3) is 0 Å². The number of amides is 1. The number of carbonyl (C=O) groups is 1. The normalized spacial score (nSPS) is 18.8. The number of rotatable bonds is 4. The molecule has 0 aromatic rings. The van der Waals surface area contributed by atoms with Gasteiger partial charge in [-0.1, -0.05) is 13.8 Å². The lowest BCUT2D eigenvalue weighted by atomic mass is 10.1. The Labute approximate surface area is 80.5 Å². The zero-order valence-corrected chi connectivity index (χ0v) is 8.84. The number of likely N-dealkylation sites (N-methyl/N-ethyl adjacent to an activating group) is 1. The summed E-state index contributed by atoms with van der Waals surface area (Å²) in [6, 6.07) is 0.407. The van der Waals surface area contributed by atoms with Crippen LogP contribution in [-0.4, -0.2) is 37.0 Å². The van der Waals surface area contributed by atoms with Gasteiger partial charge in [0.15, 0.2) is 0 Å². The Balaban J connectivity index is 2.05. The van der Waals surface area contributed by atoms with Gasteiger partial charge in [0.05, 0.1) is 6.04 Å². The lowest BCUT2D eigenvalue weighted by molar-refractivity contribution is -0.123. The molecule has 0 aromatic carbocycles. The van der Waals surface area contributed by atoms with E-state index < -0.39 is 0 Å². The summed E-state index contributed by atoms with van der Waals surface area (Å²) in [7, 11) is 2.07. The highest BCUT2D eigenvalue weighted by molar-refractivity contribution is 5.76. The highest BCUT2D eigenvalue weighted by Crippen LogP contribution is 2.06. The zero-order chi connectivity index (χ0) is 9.84. The van der Waals surface area contributed by atoms with Crippen LogP contribution >= 0.6 is 0 Å². The summed E-state index contributed by atoms with van der Waals surface area (Å²) in [5.41, 5.74) is 0. The molecule has 1 aliphatic rings. The van der Waals surface area contributed by atoms with Gasteiger partial charge in [0.2, 0.25) is 5.91 Å². The molecule has 1 N–H and O–H groups in total. The van der Waals surface area contributed by atoms with Crippen LogP contribution in [0.15, 0.2) is 0 Å². The summed E-state index contributed by atoms with van der Waals surface area (Å²) in [4.78, 5) is 13.5. The zero-order valence-electron chi connectivity index (χ0n) is 8.84. The van der Waals surface area contributed by atoms with E-state index in [2.05, 4.69) is 31.1 Å². The van der Waals surface area contributed by atoms with E-state index >= 15 is 0 Å². The SMILES string of the molecule is CC(C)CCC(=O)NC1CN(C)C1. The van der Waals surface area contributed by atoms with E-state index in [0.717, 1.165) is 19.5 Å². The van der Waals surface area contributed by atoms with Gasteiger partial charge in [0.1, 0.15) is 0 Å². The Morgan fingerprint density at radius 1 is 1.54 bits per heavy atom. The molecule has 0 aromatic heterocycles. The number of hydrogen-bond acceptors (Lipinski definition) is 2. The van der Waals surface area contributed by atoms with Crippen molar-refractivity contribution in [3.8, 4) is 0 Å². The van der Waals surface area contributed by atoms with E-state index in [1.54, 1.807) is 0 Å². The van der Waals surface area contributed by atoms with Crippen LogP contribution in [0.5, 0.6) is 0 Å². The predicted octanol–water partition coefficient (Wildman–Crippen LogP) is 0.853. The van der Waals surface area contributed by atoms with Crippen molar-refractivity contribution >= 4 is 5.91 Å². The number of nitrogens with one attached hydrogen (secondary N) is 1. The van der Waals surface area contributed by atoms with Crippen LogP contribution in [0.3, 0.4) is 0 Å². The van der Waals surface area contributed by atoms with Gasteiger partial charge in [-0.05, 0) is 19.4 Å². The van der Waals surface area contributed by atoms with Gasteiger partial charge in [0, 0.05) is 19.5 Å². The third-order valence-corrected chi connectivity index (χ3v) is 2.38. The van der Waals surface area contributed by atoms with E-state index in [1.165, 1.54) is 0 Å². The maximum absolute atomic E-state index is 11.3. The summed E-state index contributed by atoms with van der Waals surface area (Å²) in [6.07, 6.45) is 1.67. The van der Waals surface area contributed by atoms with Crippen LogP contribution in [0.4, 0.5) is 0 Å². The molecule has 3 heteroatoms. The minimum absolute atomic E-state index is 0.215. The first-order chi connectivity index (χ1) is 6.08. The molecule has 13 heavy (non-hydrogen) atoms. The van der Waals surface area contributed by atoms with Crippen LogP contribution in [0.1, 0.15) is 26.7 Å². The van der Waals surface area contributed by atoms with Crippen molar-refractivity contribution in [3.63, 3.8) is 0 Å². The molecule has 0 spiro atoms. The van der Waals surface area contributed by atoms with Crippen molar-refractivity contribution in [1.29, 1.82) is 0 Å². The molecule has 0 aliphatic carbocycles. The molecule has 3 nitrogen and oxygen atoms in total. The molecule has 1 amide bonds. The molecule has 0 bridgehead atoms. The number of carbonyl (C=O) groups excluding carboxylic acids is 1. The number of likely N-dealkylation sites (tertiary alicyclic amines) is 1. The van der Waals surface area contributed by atoms with Gasteiger partial charge >= 0.3 is 0 Å². The van der Waals surface area contributed by atoms with Crippen LogP contribution in [0.2, 0.25) is 0 Å². The molecule has 0 atom stereocenters. The smallest absolute Gasteiger partial charge is 0.220 e. The van der Waals surface area contributed by atoms with Gasteiger partial charge in [-0.15, -0.1) is 0 Å². The number of hydrogen-bond donors (Lipinski definition) is 1. The molecule has 1 aliphatic heterocycles. The van der Waals surface area contributed by atoms with Gasteiger partial charge in [-0.3, -0.25) is 4.79 Å². The minimum Gasteiger partial charge on any atom is -0.351 e. The highest BCUT2D eigenvalue weighted by atomic mass is 16.1. The molecule has 1 heterocycles. The van der Waals surface area contributed by atoms with Crippen molar-refractivity contribution in [3.05, 3.63) is 0 Å². The third kappa shape index (κ3) is 3.77. The maximum atomic E-state index is 11.3. The van der Waals surface area contributed by atoms with E-state index in [-0.39, 0.29) is 5.91 Å². The standard InChI is InChI=1S/C10H20N2O/c1-8(2)4-5-10(13)11-9-6-12(3)7-9/h8-9H,4-7H2,1-3H3,(H,11,13). The van der Waals surface area contributed by atoms with Gasteiger partial charge in [-0.2, -0.15) is 0 Å². The molecular weight excluding hydrogens is 164 g/mol. The molecule has 0 radical (unpaired) electrons. The quantitative estimate of drug-likeness (QED) is 0.702. The second-order valence-electron chi connectivity index (χ2n) is 4.42. The molecule has 1 saturated heterocycles. The summed E-state index contributed by atoms with van der Waals surface area (Å²) >= 11 is 0. The van der Waals surface area contributed by atoms with Crippen molar-refractivity contribution in [2.45, 2.75) is 32.7 Å². The fourth-order valence-electron chi connectivity index (χ4n) is 1.51. The van der Waals surface area contributed by atoms with E-state index in [9.17, 15) is 4.79 Å². The summed E-state index contributed by atoms with van der Waals surface area (Å²) in [5, 5.41) is 3.02. The first-order valence-electron chi connectivity index (χ1n) is 5.06. The lowest BCUT2D eigenvalue weighted by Gasteiger charge is -2.36. The largest absolute Gasteiger partial charge is 0.351 e. The van der Waals surface area contributed by atoms with Gasteiger partial charge in [0.25, 0.3) is 0 Å². The predicted molar refractivity (Wildman–Crippen MR) is 53.5 cm³/mol. The summed E-state index contributed by atoms with van der Waals surface area (Å²) < 4.78 is 0. The van der Waals surface area contributed by atoms with Crippen molar-refractivity contribution in [2.24, 2.45) is 5.92 Å². The fraction of sp³-hybridized carbons (Fsp3) is 0.900. The van der Waals surface area contributed by atoms with Crippen LogP contribution in [-0.2, 0) is 4.79 Å². The summed E-state index contributed by atoms with van der Waals surface area (Å²) in [5.74, 6) is 0.835. The molecular formula is C10H20N2O. The van der Waals surface area contributed by atoms with E-state index in [4.69, 9.17) is 0 Å². The first kappa shape index (κ1) is 10.5. The molecule has 1 rings (SSSR count). The molecule has 1 fully saturated rings. The maximum Gasteiger partial charge on any atom is 0.220 e. The van der Waals surface area contributed by atoms with Crippen molar-refractivity contribution in [1.82, 2.24) is 10.2 Å². The fourth-order valence-corrected chi connectivity index (χ4v) is 1.51. The van der Waals surface area contributed by atoms with E-state index in [0.29, 0.717) is 18.4 Å². The average Bonchev–Trinajstić information content (AvgIpc) is 1.98. The highest BCUT2D eigenvalue weighted by Gasteiger charge is 2.24. The van der Waals surface area contributed by atoms with Crippen LogP contribution in [0, 0.1) is 5.92 Å².